The van der Waals surface area contributed by atoms with E-state index in [1.807, 2.05) is 45.0 Å². The largest absolute Gasteiger partial charge is 0.496 e. The molecule has 0 aliphatic heterocycles. The normalized spacial score (nSPS) is 11.5. The summed E-state index contributed by atoms with van der Waals surface area (Å²) >= 11 is 0. The molecule has 3 nitrogen and oxygen atoms in total. The van der Waals surface area contributed by atoms with Gasteiger partial charge in [0.05, 0.1) is 13.2 Å². The number of ether oxygens (including phenoxy) is 1. The summed E-state index contributed by atoms with van der Waals surface area (Å²) in [4.78, 5) is 11.6. The molecule has 1 aromatic rings. The lowest BCUT2D eigenvalue weighted by Gasteiger charge is -2.16. The van der Waals surface area contributed by atoms with Gasteiger partial charge in [0.1, 0.15) is 5.75 Å². The summed E-state index contributed by atoms with van der Waals surface area (Å²) in [5, 5.41) is 2.91. The summed E-state index contributed by atoms with van der Waals surface area (Å²) in [6.45, 7) is 5.73. The maximum Gasteiger partial charge on any atom is 0.244 e. The molecule has 0 radical (unpaired) electrons. The lowest BCUT2D eigenvalue weighted by atomic mass is 10.1. The Morgan fingerprint density at radius 1 is 1.35 bits per heavy atom. The van der Waals surface area contributed by atoms with Crippen LogP contribution in [0, 0.1) is 0 Å². The molecule has 0 aromatic heterocycles. The Labute approximate surface area is 102 Å². The van der Waals surface area contributed by atoms with E-state index in [0.717, 1.165) is 16.9 Å². The van der Waals surface area contributed by atoms with Gasteiger partial charge in [-0.3, -0.25) is 4.79 Å². The lowest BCUT2D eigenvalue weighted by Crippen LogP contribution is -2.25. The average molecular weight is 233 g/mol. The van der Waals surface area contributed by atoms with E-state index in [4.69, 9.17) is 4.74 Å². The first-order valence-corrected chi connectivity index (χ1v) is 5.63. The predicted molar refractivity (Wildman–Crippen MR) is 69.0 cm³/mol. The number of methoxy groups -OCH3 is 1. The van der Waals surface area contributed by atoms with Crippen LogP contribution in [0.15, 0.2) is 35.9 Å². The van der Waals surface area contributed by atoms with Crippen LogP contribution in [0.3, 0.4) is 0 Å². The second-order valence-corrected chi connectivity index (χ2v) is 4.19. The highest BCUT2D eigenvalue weighted by atomic mass is 16.5. The van der Waals surface area contributed by atoms with E-state index in [2.05, 4.69) is 5.32 Å². The molecule has 1 rings (SSSR count). The smallest absolute Gasteiger partial charge is 0.244 e. The highest BCUT2D eigenvalue weighted by Gasteiger charge is 2.11. The summed E-state index contributed by atoms with van der Waals surface area (Å²) in [5.41, 5.74) is 1.96. The number of allylic oxidation sites excluding steroid dienone is 1. The van der Waals surface area contributed by atoms with Gasteiger partial charge in [-0.25, -0.2) is 0 Å². The summed E-state index contributed by atoms with van der Waals surface area (Å²) < 4.78 is 5.26. The zero-order chi connectivity index (χ0) is 12.8. The Hall–Kier alpha value is -1.77. The molecule has 0 aliphatic rings. The molecule has 0 saturated carbocycles. The molecule has 1 aromatic carbocycles. The van der Waals surface area contributed by atoms with Crippen molar-refractivity contribution >= 4 is 5.91 Å². The number of benzene rings is 1. The molecule has 3 heteroatoms. The van der Waals surface area contributed by atoms with E-state index in [0.29, 0.717) is 0 Å². The summed E-state index contributed by atoms with van der Waals surface area (Å²) in [5.74, 6) is 0.709. The van der Waals surface area contributed by atoms with Crippen LogP contribution in [0.5, 0.6) is 5.75 Å². The molecule has 1 atom stereocenters. The van der Waals surface area contributed by atoms with Crippen LogP contribution in [0.25, 0.3) is 0 Å². The van der Waals surface area contributed by atoms with E-state index < -0.39 is 0 Å². The zero-order valence-electron chi connectivity index (χ0n) is 10.8. The van der Waals surface area contributed by atoms with Crippen LogP contribution in [0.4, 0.5) is 0 Å². The Balaban J connectivity index is 2.79. The van der Waals surface area contributed by atoms with Gasteiger partial charge >= 0.3 is 0 Å². The first-order valence-electron chi connectivity index (χ1n) is 5.63. The predicted octanol–water partition coefficient (Wildman–Crippen LogP) is 2.84. The molecule has 0 heterocycles. The highest BCUT2D eigenvalue weighted by molar-refractivity contribution is 5.88. The van der Waals surface area contributed by atoms with Crippen LogP contribution in [0.1, 0.15) is 32.4 Å². The second kappa shape index (κ2) is 6.09. The van der Waals surface area contributed by atoms with E-state index in [-0.39, 0.29) is 11.9 Å². The first kappa shape index (κ1) is 13.3. The molecule has 1 amide bonds. The van der Waals surface area contributed by atoms with Crippen molar-refractivity contribution in [2.45, 2.75) is 26.8 Å². The fraction of sp³-hybridized carbons (Fsp3) is 0.357. The van der Waals surface area contributed by atoms with E-state index in [9.17, 15) is 4.79 Å². The second-order valence-electron chi connectivity index (χ2n) is 4.19. The lowest BCUT2D eigenvalue weighted by molar-refractivity contribution is -0.117. The van der Waals surface area contributed by atoms with Crippen molar-refractivity contribution < 1.29 is 9.53 Å². The number of hydrogen-bond donors (Lipinski definition) is 1. The highest BCUT2D eigenvalue weighted by Crippen LogP contribution is 2.24. The van der Waals surface area contributed by atoms with Crippen LogP contribution < -0.4 is 10.1 Å². The van der Waals surface area contributed by atoms with Crippen molar-refractivity contribution in [3.05, 3.63) is 41.5 Å². The van der Waals surface area contributed by atoms with Crippen LogP contribution in [-0.4, -0.2) is 13.0 Å². The van der Waals surface area contributed by atoms with Gasteiger partial charge < -0.3 is 10.1 Å². The van der Waals surface area contributed by atoms with Crippen molar-refractivity contribution in [1.82, 2.24) is 5.32 Å². The van der Waals surface area contributed by atoms with E-state index >= 15 is 0 Å². The molecule has 0 aliphatic carbocycles. The summed E-state index contributed by atoms with van der Waals surface area (Å²) in [7, 11) is 1.63. The van der Waals surface area contributed by atoms with Crippen LogP contribution in [-0.2, 0) is 4.79 Å². The first-order chi connectivity index (χ1) is 8.04. The number of rotatable bonds is 4. The number of hydrogen-bond acceptors (Lipinski definition) is 2. The van der Waals surface area contributed by atoms with Gasteiger partial charge in [0.15, 0.2) is 0 Å². The monoisotopic (exact) mass is 233 g/mol. The minimum Gasteiger partial charge on any atom is -0.496 e. The van der Waals surface area contributed by atoms with Gasteiger partial charge in [0, 0.05) is 11.6 Å². The minimum atomic E-state index is -0.0802. The third kappa shape index (κ3) is 3.94. The van der Waals surface area contributed by atoms with Crippen LogP contribution in [0.2, 0.25) is 0 Å². The van der Waals surface area contributed by atoms with Gasteiger partial charge in [-0.05, 0) is 26.8 Å². The Morgan fingerprint density at radius 3 is 2.59 bits per heavy atom. The third-order valence-electron chi connectivity index (χ3n) is 2.38. The van der Waals surface area contributed by atoms with Crippen molar-refractivity contribution in [3.8, 4) is 5.75 Å². The molecule has 92 valence electrons. The standard InChI is InChI=1S/C14H19NO2/c1-10(2)9-14(16)15-11(3)12-7-5-6-8-13(12)17-4/h5-9,11H,1-4H3,(H,15,16)/t11-/m0/s1. The van der Waals surface area contributed by atoms with Gasteiger partial charge in [0.2, 0.25) is 5.91 Å². The Kier molecular flexibility index (Phi) is 4.76. The Bertz CT molecular complexity index is 420. The number of carbonyl (C=O) groups is 1. The Morgan fingerprint density at radius 2 is 2.00 bits per heavy atom. The van der Waals surface area contributed by atoms with Crippen molar-refractivity contribution in [1.29, 1.82) is 0 Å². The molecule has 1 N–H and O–H groups in total. The van der Waals surface area contributed by atoms with Crippen molar-refractivity contribution in [2.24, 2.45) is 0 Å². The molecule has 0 bridgehead atoms. The maximum atomic E-state index is 11.6. The zero-order valence-corrected chi connectivity index (χ0v) is 10.8. The molecule has 0 spiro atoms. The minimum absolute atomic E-state index is 0.0748. The van der Waals surface area contributed by atoms with Gasteiger partial charge in [-0.1, -0.05) is 23.8 Å². The van der Waals surface area contributed by atoms with Crippen molar-refractivity contribution in [2.75, 3.05) is 7.11 Å². The van der Waals surface area contributed by atoms with E-state index in [1.165, 1.54) is 0 Å². The van der Waals surface area contributed by atoms with E-state index in [1.54, 1.807) is 13.2 Å². The topological polar surface area (TPSA) is 38.3 Å². The quantitative estimate of drug-likeness (QED) is 0.812. The number of amides is 1. The maximum absolute atomic E-state index is 11.6. The number of para-hydroxylation sites is 1. The molecule has 0 unspecified atom stereocenters. The van der Waals surface area contributed by atoms with Gasteiger partial charge in [0.25, 0.3) is 0 Å². The number of carbonyl (C=O) groups excluding carboxylic acids is 1. The van der Waals surface area contributed by atoms with Gasteiger partial charge in [-0.2, -0.15) is 0 Å². The SMILES string of the molecule is COc1ccccc1[C@H](C)NC(=O)C=C(C)C. The van der Waals surface area contributed by atoms with Crippen molar-refractivity contribution in [3.63, 3.8) is 0 Å². The summed E-state index contributed by atoms with van der Waals surface area (Å²) in [6, 6.07) is 7.61. The molecular formula is C14H19NO2. The molecule has 0 saturated heterocycles. The average Bonchev–Trinajstić information content (AvgIpc) is 2.27. The molecule has 0 fully saturated rings. The molecular weight excluding hydrogens is 214 g/mol. The van der Waals surface area contributed by atoms with Gasteiger partial charge in [-0.15, -0.1) is 0 Å². The fourth-order valence-electron chi connectivity index (χ4n) is 1.62. The number of nitrogens with one attached hydrogen (secondary N) is 1. The van der Waals surface area contributed by atoms with Crippen LogP contribution >= 0.6 is 0 Å². The fourth-order valence-corrected chi connectivity index (χ4v) is 1.62. The third-order valence-corrected chi connectivity index (χ3v) is 2.38. The summed E-state index contributed by atoms with van der Waals surface area (Å²) in [6.07, 6.45) is 1.59. The molecule has 17 heavy (non-hydrogen) atoms.